The minimum absolute atomic E-state index is 0.161. The smallest absolute Gasteiger partial charge is 0.239 e. The van der Waals surface area contributed by atoms with Gasteiger partial charge in [-0.05, 0) is 0 Å². The summed E-state index contributed by atoms with van der Waals surface area (Å²) in [5, 5.41) is 2.73. The Balaban J connectivity index is 3.38. The molecule has 5 heteroatoms. The van der Waals surface area contributed by atoms with E-state index in [0.717, 1.165) is 11.5 Å². The molecule has 0 bridgehead atoms. The number of nitrogens with one attached hydrogen (secondary N) is 1. The van der Waals surface area contributed by atoms with E-state index >= 15 is 0 Å². The van der Waals surface area contributed by atoms with E-state index in [1.165, 1.54) is 7.11 Å². The van der Waals surface area contributed by atoms with Gasteiger partial charge >= 0.3 is 0 Å². The van der Waals surface area contributed by atoms with Crippen LogP contribution in [0.3, 0.4) is 0 Å². The highest BCUT2D eigenvalue weighted by molar-refractivity contribution is 7.99. The summed E-state index contributed by atoms with van der Waals surface area (Å²) in [6.45, 7) is 4.49. The topological polar surface area (TPSA) is 64.4 Å². The van der Waals surface area contributed by atoms with Gasteiger partial charge < -0.3 is 15.8 Å². The van der Waals surface area contributed by atoms with Crippen LogP contribution >= 0.6 is 11.8 Å². The molecule has 0 aliphatic carbocycles. The van der Waals surface area contributed by atoms with Crippen LogP contribution < -0.4 is 11.1 Å². The van der Waals surface area contributed by atoms with Crippen LogP contribution in [0.1, 0.15) is 0 Å². The first-order valence-corrected chi connectivity index (χ1v) is 5.58. The van der Waals surface area contributed by atoms with E-state index in [1.54, 1.807) is 11.8 Å². The van der Waals surface area contributed by atoms with Crippen molar-refractivity contribution >= 4 is 17.7 Å². The average molecular weight is 218 g/mol. The molecule has 0 aromatic carbocycles. The van der Waals surface area contributed by atoms with Gasteiger partial charge in [0.2, 0.25) is 5.91 Å². The highest BCUT2D eigenvalue weighted by Gasteiger charge is 2.11. The second-order valence-corrected chi connectivity index (χ2v) is 3.87. The molecule has 1 unspecified atom stereocenters. The van der Waals surface area contributed by atoms with E-state index < -0.39 is 6.04 Å². The van der Waals surface area contributed by atoms with Gasteiger partial charge in [0.1, 0.15) is 6.04 Å². The third-order valence-electron chi connectivity index (χ3n) is 1.46. The minimum Gasteiger partial charge on any atom is -0.383 e. The Morgan fingerprint density at radius 2 is 2.50 bits per heavy atom. The lowest BCUT2D eigenvalue weighted by molar-refractivity contribution is -0.123. The highest BCUT2D eigenvalue weighted by atomic mass is 32.2. The van der Waals surface area contributed by atoms with Crippen molar-refractivity contribution in [3.8, 4) is 0 Å². The molecule has 3 N–H and O–H groups in total. The lowest BCUT2D eigenvalue weighted by Crippen LogP contribution is -2.44. The molecule has 0 saturated carbocycles. The van der Waals surface area contributed by atoms with Crippen molar-refractivity contribution in [2.45, 2.75) is 6.04 Å². The first-order valence-electron chi connectivity index (χ1n) is 4.43. The fourth-order valence-corrected chi connectivity index (χ4v) is 1.38. The van der Waals surface area contributed by atoms with Gasteiger partial charge in [-0.25, -0.2) is 0 Å². The second kappa shape index (κ2) is 9.05. The summed E-state index contributed by atoms with van der Waals surface area (Å²) in [5.41, 5.74) is 5.51. The number of carbonyl (C=O) groups excluding carboxylic acids is 1. The molecule has 1 amide bonds. The second-order valence-electron chi connectivity index (χ2n) is 2.72. The molecular formula is C9H18N2O2S. The first-order chi connectivity index (χ1) is 6.72. The van der Waals surface area contributed by atoms with Gasteiger partial charge in [-0.1, -0.05) is 6.08 Å². The largest absolute Gasteiger partial charge is 0.383 e. The standard InChI is InChI=1S/C9H18N2O2S/c1-3-5-14-6-4-11-9(12)8(10)7-13-2/h3,8H,1,4-7,10H2,2H3,(H,11,12). The molecule has 0 spiro atoms. The molecule has 0 fully saturated rings. The molecule has 0 aromatic heterocycles. The van der Waals surface area contributed by atoms with Crippen molar-refractivity contribution in [2.24, 2.45) is 5.73 Å². The monoisotopic (exact) mass is 218 g/mol. The molecule has 0 rings (SSSR count). The molecule has 0 heterocycles. The van der Waals surface area contributed by atoms with E-state index in [-0.39, 0.29) is 12.5 Å². The van der Waals surface area contributed by atoms with Crippen LogP contribution in [-0.4, -0.2) is 43.7 Å². The predicted molar refractivity (Wildman–Crippen MR) is 60.4 cm³/mol. The number of methoxy groups -OCH3 is 1. The third-order valence-corrected chi connectivity index (χ3v) is 2.43. The van der Waals surface area contributed by atoms with E-state index in [4.69, 9.17) is 10.5 Å². The van der Waals surface area contributed by atoms with Crippen LogP contribution in [0.5, 0.6) is 0 Å². The molecule has 0 aromatic rings. The summed E-state index contributed by atoms with van der Waals surface area (Å²) in [6, 6.07) is -0.565. The number of thioether (sulfide) groups is 1. The summed E-state index contributed by atoms with van der Waals surface area (Å²) < 4.78 is 4.77. The maximum absolute atomic E-state index is 11.2. The molecule has 1 atom stereocenters. The Kier molecular flexibility index (Phi) is 8.72. The van der Waals surface area contributed by atoms with Crippen LogP contribution in [0.15, 0.2) is 12.7 Å². The Hall–Kier alpha value is -0.520. The van der Waals surface area contributed by atoms with E-state index in [1.807, 2.05) is 6.08 Å². The van der Waals surface area contributed by atoms with E-state index in [9.17, 15) is 4.79 Å². The van der Waals surface area contributed by atoms with Crippen LogP contribution in [-0.2, 0) is 9.53 Å². The van der Waals surface area contributed by atoms with E-state index in [2.05, 4.69) is 11.9 Å². The highest BCUT2D eigenvalue weighted by Crippen LogP contribution is 1.96. The zero-order chi connectivity index (χ0) is 10.8. The molecule has 0 saturated heterocycles. The normalized spacial score (nSPS) is 12.1. The number of amides is 1. The van der Waals surface area contributed by atoms with Crippen LogP contribution in [0.2, 0.25) is 0 Å². The molecule has 4 nitrogen and oxygen atoms in total. The van der Waals surface area contributed by atoms with Crippen molar-refractivity contribution < 1.29 is 9.53 Å². The van der Waals surface area contributed by atoms with Gasteiger partial charge in [0, 0.05) is 25.2 Å². The summed E-state index contributed by atoms with van der Waals surface area (Å²) in [6.07, 6.45) is 1.84. The van der Waals surface area contributed by atoms with Crippen molar-refractivity contribution in [2.75, 3.05) is 31.8 Å². The summed E-state index contributed by atoms with van der Waals surface area (Å²) >= 11 is 1.72. The molecule has 14 heavy (non-hydrogen) atoms. The predicted octanol–water partition coefficient (Wildman–Crippen LogP) is -0.00450. The third kappa shape index (κ3) is 6.94. The van der Waals surface area contributed by atoms with Crippen molar-refractivity contribution in [1.29, 1.82) is 0 Å². The Morgan fingerprint density at radius 1 is 1.79 bits per heavy atom. The molecule has 82 valence electrons. The lowest BCUT2D eigenvalue weighted by atomic mass is 10.3. The number of ether oxygens (including phenoxy) is 1. The van der Waals surface area contributed by atoms with Gasteiger partial charge in [0.05, 0.1) is 6.61 Å². The number of hydrogen-bond acceptors (Lipinski definition) is 4. The minimum atomic E-state index is -0.565. The molecule has 0 aliphatic rings. The summed E-state index contributed by atoms with van der Waals surface area (Å²) in [4.78, 5) is 11.2. The van der Waals surface area contributed by atoms with Gasteiger partial charge in [-0.15, -0.1) is 6.58 Å². The van der Waals surface area contributed by atoms with E-state index in [0.29, 0.717) is 6.54 Å². The number of carbonyl (C=O) groups is 1. The summed E-state index contributed by atoms with van der Waals surface area (Å²) in [5.74, 6) is 1.61. The number of rotatable bonds is 8. The van der Waals surface area contributed by atoms with Crippen molar-refractivity contribution in [3.63, 3.8) is 0 Å². The van der Waals surface area contributed by atoms with Crippen LogP contribution in [0.4, 0.5) is 0 Å². The summed E-state index contributed by atoms with van der Waals surface area (Å²) in [7, 11) is 1.52. The molecule has 0 radical (unpaired) electrons. The average Bonchev–Trinajstić information content (AvgIpc) is 2.17. The van der Waals surface area contributed by atoms with Gasteiger partial charge in [0.25, 0.3) is 0 Å². The Bertz CT molecular complexity index is 176. The number of hydrogen-bond donors (Lipinski definition) is 2. The van der Waals surface area contributed by atoms with Crippen LogP contribution in [0, 0.1) is 0 Å². The fraction of sp³-hybridized carbons (Fsp3) is 0.667. The van der Waals surface area contributed by atoms with Gasteiger partial charge in [-0.2, -0.15) is 11.8 Å². The zero-order valence-corrected chi connectivity index (χ0v) is 9.31. The Morgan fingerprint density at radius 3 is 3.07 bits per heavy atom. The van der Waals surface area contributed by atoms with Gasteiger partial charge in [0.15, 0.2) is 0 Å². The maximum atomic E-state index is 11.2. The quantitative estimate of drug-likeness (QED) is 0.444. The van der Waals surface area contributed by atoms with Crippen molar-refractivity contribution in [3.05, 3.63) is 12.7 Å². The van der Waals surface area contributed by atoms with Crippen molar-refractivity contribution in [1.82, 2.24) is 5.32 Å². The van der Waals surface area contributed by atoms with Crippen LogP contribution in [0.25, 0.3) is 0 Å². The Labute approximate surface area is 89.3 Å². The zero-order valence-electron chi connectivity index (χ0n) is 8.49. The number of nitrogens with two attached hydrogens (primary N) is 1. The van der Waals surface area contributed by atoms with Gasteiger partial charge in [-0.3, -0.25) is 4.79 Å². The molecular weight excluding hydrogens is 200 g/mol. The first kappa shape index (κ1) is 13.5. The fourth-order valence-electron chi connectivity index (χ4n) is 0.799. The lowest BCUT2D eigenvalue weighted by Gasteiger charge is -2.10. The molecule has 0 aliphatic heterocycles. The maximum Gasteiger partial charge on any atom is 0.239 e. The SMILES string of the molecule is C=CCSCCNC(=O)C(N)COC.